The van der Waals surface area contributed by atoms with Crippen LogP contribution in [0.4, 0.5) is 0 Å². The zero-order valence-corrected chi connectivity index (χ0v) is 12.0. The number of rotatable bonds is 9. The Balaban J connectivity index is 2.26. The number of likely N-dealkylation sites (N-methyl/N-ethyl adjacent to an activating group) is 1. The molecule has 1 N–H and O–H groups in total. The quantitative estimate of drug-likeness (QED) is 0.713. The van der Waals surface area contributed by atoms with Crippen molar-refractivity contribution in [2.75, 3.05) is 33.9 Å². The highest BCUT2D eigenvalue weighted by molar-refractivity contribution is 4.96. The van der Waals surface area contributed by atoms with Crippen molar-refractivity contribution in [2.24, 2.45) is 0 Å². The molecule has 0 amide bonds. The zero-order chi connectivity index (χ0) is 13.4. The van der Waals surface area contributed by atoms with Gasteiger partial charge in [-0.25, -0.2) is 4.98 Å². The first kappa shape index (κ1) is 15.1. The molecule has 1 aromatic rings. The molecule has 0 fully saturated rings. The van der Waals surface area contributed by atoms with E-state index in [2.05, 4.69) is 46.9 Å². The minimum absolute atomic E-state index is 0.496. The van der Waals surface area contributed by atoms with Gasteiger partial charge in [0.05, 0.1) is 18.6 Å². The summed E-state index contributed by atoms with van der Waals surface area (Å²) in [5.41, 5.74) is 1.10. The van der Waals surface area contributed by atoms with Crippen molar-refractivity contribution in [3.8, 4) is 0 Å². The fourth-order valence-electron chi connectivity index (χ4n) is 1.57. The van der Waals surface area contributed by atoms with Gasteiger partial charge in [0.15, 0.2) is 0 Å². The van der Waals surface area contributed by atoms with Gasteiger partial charge in [0.25, 0.3) is 0 Å². The van der Waals surface area contributed by atoms with Crippen molar-refractivity contribution in [1.82, 2.24) is 19.8 Å². The lowest BCUT2D eigenvalue weighted by atomic mass is 10.3. The van der Waals surface area contributed by atoms with Gasteiger partial charge in [0.2, 0.25) is 0 Å². The minimum Gasteiger partial charge on any atom is -0.383 e. The normalized spacial score (nSPS) is 11.7. The van der Waals surface area contributed by atoms with E-state index >= 15 is 0 Å². The number of ether oxygens (including phenoxy) is 1. The number of hydrogen-bond donors (Lipinski definition) is 1. The highest BCUT2D eigenvalue weighted by Crippen LogP contribution is 1.97. The van der Waals surface area contributed by atoms with Gasteiger partial charge >= 0.3 is 0 Å². The molecule has 0 spiro atoms. The Morgan fingerprint density at radius 3 is 2.89 bits per heavy atom. The molecule has 0 unspecified atom stereocenters. The van der Waals surface area contributed by atoms with Crippen LogP contribution >= 0.6 is 0 Å². The summed E-state index contributed by atoms with van der Waals surface area (Å²) in [6, 6.07) is 0.496. The predicted molar refractivity (Wildman–Crippen MR) is 73.6 cm³/mol. The molecule has 0 aromatic carbocycles. The maximum Gasteiger partial charge on any atom is 0.0950 e. The monoisotopic (exact) mass is 254 g/mol. The van der Waals surface area contributed by atoms with Crippen molar-refractivity contribution in [3.63, 3.8) is 0 Å². The predicted octanol–water partition coefficient (Wildman–Crippen LogP) is 0.959. The molecule has 1 rings (SSSR count). The van der Waals surface area contributed by atoms with Gasteiger partial charge in [-0.15, -0.1) is 0 Å². The zero-order valence-electron chi connectivity index (χ0n) is 12.0. The van der Waals surface area contributed by atoms with Crippen LogP contribution in [0.15, 0.2) is 12.5 Å². The molecule has 0 aliphatic rings. The second-order valence-electron chi connectivity index (χ2n) is 4.93. The number of nitrogens with zero attached hydrogens (tertiary/aromatic N) is 3. The fourth-order valence-corrected chi connectivity index (χ4v) is 1.57. The molecule has 1 aromatic heterocycles. The van der Waals surface area contributed by atoms with Crippen LogP contribution in [0.1, 0.15) is 19.5 Å². The molecular formula is C13H26N4O. The second kappa shape index (κ2) is 8.24. The van der Waals surface area contributed by atoms with Gasteiger partial charge < -0.3 is 19.5 Å². The summed E-state index contributed by atoms with van der Waals surface area (Å²) in [7, 11) is 3.84. The summed E-state index contributed by atoms with van der Waals surface area (Å²) in [6.45, 7) is 8.84. The molecule has 0 bridgehead atoms. The highest BCUT2D eigenvalue weighted by atomic mass is 16.5. The Kier molecular flexibility index (Phi) is 6.93. The number of nitrogens with one attached hydrogen (secondary N) is 1. The smallest absolute Gasteiger partial charge is 0.0950 e. The molecule has 0 atom stereocenters. The molecule has 0 aliphatic heterocycles. The average Bonchev–Trinajstić information content (AvgIpc) is 2.79. The molecule has 0 aliphatic carbocycles. The fraction of sp³-hybridized carbons (Fsp3) is 0.769. The van der Waals surface area contributed by atoms with Crippen LogP contribution in [-0.2, 0) is 17.8 Å². The third kappa shape index (κ3) is 6.14. The molecule has 18 heavy (non-hydrogen) atoms. The number of imidazole rings is 1. The third-order valence-corrected chi connectivity index (χ3v) is 2.80. The Hall–Kier alpha value is -0.910. The molecule has 0 saturated heterocycles. The van der Waals surface area contributed by atoms with Gasteiger partial charge in [-0.3, -0.25) is 0 Å². The number of methoxy groups -OCH3 is 1. The van der Waals surface area contributed by atoms with E-state index in [1.165, 1.54) is 0 Å². The van der Waals surface area contributed by atoms with Gasteiger partial charge in [-0.2, -0.15) is 0 Å². The average molecular weight is 254 g/mol. The molecule has 5 heteroatoms. The van der Waals surface area contributed by atoms with Gasteiger partial charge in [-0.05, 0) is 7.05 Å². The van der Waals surface area contributed by atoms with Crippen LogP contribution in [0.3, 0.4) is 0 Å². The van der Waals surface area contributed by atoms with Crippen molar-refractivity contribution >= 4 is 0 Å². The standard InChI is InChI=1S/C13H26N4O/c1-12(2)14-9-13-10-17(11-15-13)6-5-16(3)7-8-18-4/h10-12,14H,5-9H2,1-4H3. The first-order chi connectivity index (χ1) is 8.61. The SMILES string of the molecule is COCCN(C)CCn1cnc(CNC(C)C)c1. The summed E-state index contributed by atoms with van der Waals surface area (Å²) >= 11 is 0. The number of aromatic nitrogens is 2. The number of hydrogen-bond acceptors (Lipinski definition) is 4. The first-order valence-electron chi connectivity index (χ1n) is 6.53. The molecule has 5 nitrogen and oxygen atoms in total. The van der Waals surface area contributed by atoms with Crippen LogP contribution in [-0.4, -0.2) is 54.3 Å². The summed E-state index contributed by atoms with van der Waals surface area (Å²) in [5, 5.41) is 3.37. The van der Waals surface area contributed by atoms with Crippen molar-refractivity contribution in [1.29, 1.82) is 0 Å². The molecule has 0 saturated carbocycles. The Morgan fingerprint density at radius 1 is 1.44 bits per heavy atom. The largest absolute Gasteiger partial charge is 0.383 e. The van der Waals surface area contributed by atoms with E-state index in [9.17, 15) is 0 Å². The van der Waals surface area contributed by atoms with Gasteiger partial charge in [-0.1, -0.05) is 13.8 Å². The summed E-state index contributed by atoms with van der Waals surface area (Å²) in [5.74, 6) is 0. The first-order valence-corrected chi connectivity index (χ1v) is 6.53. The van der Waals surface area contributed by atoms with E-state index in [-0.39, 0.29) is 0 Å². The summed E-state index contributed by atoms with van der Waals surface area (Å²) in [4.78, 5) is 6.64. The molecule has 104 valence electrons. The maximum absolute atomic E-state index is 5.05. The van der Waals surface area contributed by atoms with E-state index in [1.807, 2.05) is 6.33 Å². The lowest BCUT2D eigenvalue weighted by Crippen LogP contribution is -2.26. The summed E-state index contributed by atoms with van der Waals surface area (Å²) < 4.78 is 7.19. The Bertz CT molecular complexity index is 325. The van der Waals surface area contributed by atoms with Gasteiger partial charge in [0.1, 0.15) is 0 Å². The minimum atomic E-state index is 0.496. The Morgan fingerprint density at radius 2 is 2.22 bits per heavy atom. The van der Waals surface area contributed by atoms with Crippen LogP contribution < -0.4 is 5.32 Å². The van der Waals surface area contributed by atoms with E-state index in [4.69, 9.17) is 4.74 Å². The van der Waals surface area contributed by atoms with E-state index in [1.54, 1.807) is 7.11 Å². The lowest BCUT2D eigenvalue weighted by molar-refractivity contribution is 0.159. The molecular weight excluding hydrogens is 228 g/mol. The Labute approximate surface area is 110 Å². The van der Waals surface area contributed by atoms with Crippen molar-refractivity contribution in [3.05, 3.63) is 18.2 Å². The van der Waals surface area contributed by atoms with Crippen LogP contribution in [0.2, 0.25) is 0 Å². The van der Waals surface area contributed by atoms with Crippen LogP contribution in [0.25, 0.3) is 0 Å². The second-order valence-corrected chi connectivity index (χ2v) is 4.93. The summed E-state index contributed by atoms with van der Waals surface area (Å²) in [6.07, 6.45) is 4.01. The van der Waals surface area contributed by atoms with Crippen molar-refractivity contribution < 1.29 is 4.74 Å². The maximum atomic E-state index is 5.05. The van der Waals surface area contributed by atoms with E-state index in [0.29, 0.717) is 6.04 Å². The lowest BCUT2D eigenvalue weighted by Gasteiger charge is -2.15. The molecule has 1 heterocycles. The topological polar surface area (TPSA) is 42.3 Å². The van der Waals surface area contributed by atoms with Crippen molar-refractivity contribution in [2.45, 2.75) is 33.0 Å². The highest BCUT2D eigenvalue weighted by Gasteiger charge is 2.02. The van der Waals surface area contributed by atoms with E-state index < -0.39 is 0 Å². The van der Waals surface area contributed by atoms with Crippen LogP contribution in [0, 0.1) is 0 Å². The third-order valence-electron chi connectivity index (χ3n) is 2.80. The van der Waals surface area contributed by atoms with Crippen LogP contribution in [0.5, 0.6) is 0 Å². The molecule has 0 radical (unpaired) electrons. The van der Waals surface area contributed by atoms with E-state index in [0.717, 1.165) is 38.5 Å². The van der Waals surface area contributed by atoms with Gasteiger partial charge in [0, 0.05) is 45.5 Å².